The molecule has 7 nitrogen and oxygen atoms in total. The van der Waals surface area contributed by atoms with Crippen molar-refractivity contribution in [2.75, 3.05) is 32.6 Å². The van der Waals surface area contributed by atoms with Crippen molar-refractivity contribution in [1.29, 1.82) is 0 Å². The molecule has 0 unspecified atom stereocenters. The van der Waals surface area contributed by atoms with Crippen LogP contribution < -0.4 is 10.1 Å². The summed E-state index contributed by atoms with van der Waals surface area (Å²) in [6.07, 6.45) is 1.99. The van der Waals surface area contributed by atoms with Crippen LogP contribution in [0.25, 0.3) is 0 Å². The number of nitrogens with one attached hydrogen (secondary N) is 1. The Morgan fingerprint density at radius 3 is 2.54 bits per heavy atom. The molecule has 0 saturated heterocycles. The number of benzene rings is 1. The van der Waals surface area contributed by atoms with E-state index in [4.69, 9.17) is 9.47 Å². The quantitative estimate of drug-likeness (QED) is 0.489. The number of ether oxygens (including phenoxy) is 2. The number of amides is 2. The van der Waals surface area contributed by atoms with Crippen LogP contribution in [0, 0.1) is 0 Å². The van der Waals surface area contributed by atoms with Crippen LogP contribution in [-0.4, -0.2) is 61.3 Å². The van der Waals surface area contributed by atoms with Gasteiger partial charge in [0, 0.05) is 18.0 Å². The zero-order chi connectivity index (χ0) is 18.9. The van der Waals surface area contributed by atoms with E-state index in [0.29, 0.717) is 6.61 Å². The topological polar surface area (TPSA) is 84.9 Å². The SMILES string of the molecule is CCOc1ccc(SCC(=O)OCC(=O)N(C)CC(=O)NC2CC2)cc1. The Balaban J connectivity index is 1.63. The fourth-order valence-electron chi connectivity index (χ4n) is 2.04. The maximum Gasteiger partial charge on any atom is 0.316 e. The van der Waals surface area contributed by atoms with E-state index in [2.05, 4.69) is 5.32 Å². The van der Waals surface area contributed by atoms with Crippen molar-refractivity contribution in [3.8, 4) is 5.75 Å². The van der Waals surface area contributed by atoms with Crippen molar-refractivity contribution in [2.45, 2.75) is 30.7 Å². The molecule has 0 radical (unpaired) electrons. The van der Waals surface area contributed by atoms with Gasteiger partial charge in [-0.3, -0.25) is 14.4 Å². The Bertz CT molecular complexity index is 631. The minimum absolute atomic E-state index is 0.0339. The van der Waals surface area contributed by atoms with Gasteiger partial charge >= 0.3 is 5.97 Å². The first kappa shape index (κ1) is 20.1. The van der Waals surface area contributed by atoms with Crippen molar-refractivity contribution in [1.82, 2.24) is 10.2 Å². The summed E-state index contributed by atoms with van der Waals surface area (Å²) in [6.45, 7) is 2.12. The lowest BCUT2D eigenvalue weighted by Crippen LogP contribution is -2.40. The van der Waals surface area contributed by atoms with Gasteiger partial charge < -0.3 is 19.7 Å². The van der Waals surface area contributed by atoms with Gasteiger partial charge in [0.2, 0.25) is 5.91 Å². The second-order valence-electron chi connectivity index (χ2n) is 5.95. The van der Waals surface area contributed by atoms with E-state index < -0.39 is 11.9 Å². The Kier molecular flexibility index (Phi) is 7.77. The van der Waals surface area contributed by atoms with Crippen molar-refractivity contribution < 1.29 is 23.9 Å². The molecule has 1 aromatic rings. The number of hydrogen-bond donors (Lipinski definition) is 1. The molecule has 0 atom stereocenters. The van der Waals surface area contributed by atoms with Crippen LogP contribution >= 0.6 is 11.8 Å². The number of likely N-dealkylation sites (N-methyl/N-ethyl adjacent to an activating group) is 1. The molecule has 0 heterocycles. The fraction of sp³-hybridized carbons (Fsp3) is 0.500. The monoisotopic (exact) mass is 380 g/mol. The number of nitrogens with zero attached hydrogens (tertiary/aromatic N) is 1. The smallest absolute Gasteiger partial charge is 0.316 e. The summed E-state index contributed by atoms with van der Waals surface area (Å²) >= 11 is 1.32. The Morgan fingerprint density at radius 1 is 1.23 bits per heavy atom. The summed E-state index contributed by atoms with van der Waals surface area (Å²) in [5, 5.41) is 2.80. The van der Waals surface area contributed by atoms with E-state index in [-0.39, 0.29) is 30.9 Å². The van der Waals surface area contributed by atoms with Crippen molar-refractivity contribution in [2.24, 2.45) is 0 Å². The molecule has 1 saturated carbocycles. The standard InChI is InChI=1S/C18H24N2O5S/c1-3-24-14-6-8-15(9-7-14)26-12-18(23)25-11-17(22)20(2)10-16(21)19-13-4-5-13/h6-9,13H,3-5,10-12H2,1-2H3,(H,19,21). The van der Waals surface area contributed by atoms with Crippen molar-refractivity contribution in [3.05, 3.63) is 24.3 Å². The lowest BCUT2D eigenvalue weighted by molar-refractivity contribution is -0.149. The van der Waals surface area contributed by atoms with Crippen LogP contribution in [-0.2, 0) is 19.1 Å². The first-order chi connectivity index (χ1) is 12.5. The van der Waals surface area contributed by atoms with Crippen LogP contribution in [0.5, 0.6) is 5.75 Å². The van der Waals surface area contributed by atoms with Crippen LogP contribution in [0.2, 0.25) is 0 Å². The fourth-order valence-corrected chi connectivity index (χ4v) is 2.74. The average Bonchev–Trinajstić information content (AvgIpc) is 3.43. The summed E-state index contributed by atoms with van der Waals surface area (Å²) in [7, 11) is 1.51. The summed E-state index contributed by atoms with van der Waals surface area (Å²) in [5.74, 6) is -0.199. The van der Waals surface area contributed by atoms with Crippen molar-refractivity contribution in [3.63, 3.8) is 0 Å². The van der Waals surface area contributed by atoms with Gasteiger partial charge in [-0.1, -0.05) is 0 Å². The van der Waals surface area contributed by atoms with E-state index in [1.807, 2.05) is 31.2 Å². The maximum absolute atomic E-state index is 11.9. The largest absolute Gasteiger partial charge is 0.494 e. The van der Waals surface area contributed by atoms with E-state index >= 15 is 0 Å². The predicted octanol–water partition coefficient (Wildman–Crippen LogP) is 1.46. The third-order valence-electron chi connectivity index (χ3n) is 3.60. The molecular weight excluding hydrogens is 356 g/mol. The molecule has 26 heavy (non-hydrogen) atoms. The van der Waals surface area contributed by atoms with Gasteiger partial charge in [0.15, 0.2) is 6.61 Å². The van der Waals surface area contributed by atoms with Crippen LogP contribution in [0.15, 0.2) is 29.2 Å². The van der Waals surface area contributed by atoms with Crippen LogP contribution in [0.1, 0.15) is 19.8 Å². The van der Waals surface area contributed by atoms with Gasteiger partial charge in [0.1, 0.15) is 5.75 Å². The van der Waals surface area contributed by atoms with Crippen molar-refractivity contribution >= 4 is 29.5 Å². The van der Waals surface area contributed by atoms with Gasteiger partial charge in [-0.25, -0.2) is 0 Å². The molecule has 8 heteroatoms. The highest BCUT2D eigenvalue weighted by molar-refractivity contribution is 8.00. The molecule has 1 aliphatic rings. The van der Waals surface area contributed by atoms with Gasteiger partial charge in [-0.15, -0.1) is 11.8 Å². The summed E-state index contributed by atoms with van der Waals surface area (Å²) < 4.78 is 10.3. The Hall–Kier alpha value is -2.22. The first-order valence-electron chi connectivity index (χ1n) is 8.52. The number of thioether (sulfide) groups is 1. The number of carbonyl (C=O) groups excluding carboxylic acids is 3. The summed E-state index contributed by atoms with van der Waals surface area (Å²) in [5.41, 5.74) is 0. The molecule has 0 bridgehead atoms. The minimum Gasteiger partial charge on any atom is -0.494 e. The number of carbonyl (C=O) groups is 3. The lowest BCUT2D eigenvalue weighted by Gasteiger charge is -2.16. The highest BCUT2D eigenvalue weighted by atomic mass is 32.2. The second kappa shape index (κ2) is 10.1. The zero-order valence-electron chi connectivity index (χ0n) is 15.0. The molecule has 1 N–H and O–H groups in total. The molecule has 1 fully saturated rings. The highest BCUT2D eigenvalue weighted by Gasteiger charge is 2.24. The highest BCUT2D eigenvalue weighted by Crippen LogP contribution is 2.21. The lowest BCUT2D eigenvalue weighted by atomic mass is 10.3. The average molecular weight is 380 g/mol. The summed E-state index contributed by atoms with van der Waals surface area (Å²) in [6, 6.07) is 7.65. The molecule has 0 aliphatic heterocycles. The van der Waals surface area contributed by atoms with Gasteiger partial charge in [-0.05, 0) is 44.0 Å². The molecule has 2 amide bonds. The number of hydrogen-bond acceptors (Lipinski definition) is 6. The van der Waals surface area contributed by atoms with Crippen LogP contribution in [0.4, 0.5) is 0 Å². The van der Waals surface area contributed by atoms with E-state index in [9.17, 15) is 14.4 Å². The molecular formula is C18H24N2O5S. The Morgan fingerprint density at radius 2 is 1.92 bits per heavy atom. The second-order valence-corrected chi connectivity index (χ2v) is 6.99. The summed E-state index contributed by atoms with van der Waals surface area (Å²) in [4.78, 5) is 37.5. The minimum atomic E-state index is -0.479. The number of esters is 1. The molecule has 142 valence electrons. The molecule has 2 rings (SSSR count). The third-order valence-corrected chi connectivity index (χ3v) is 4.58. The molecule has 1 aromatic carbocycles. The third kappa shape index (κ3) is 7.35. The maximum atomic E-state index is 11.9. The van der Waals surface area contributed by atoms with Gasteiger partial charge in [0.05, 0.1) is 18.9 Å². The predicted molar refractivity (Wildman–Crippen MR) is 98.1 cm³/mol. The normalized spacial score (nSPS) is 13.0. The molecule has 0 spiro atoms. The van der Waals surface area contributed by atoms with Gasteiger partial charge in [-0.2, -0.15) is 0 Å². The zero-order valence-corrected chi connectivity index (χ0v) is 15.8. The van der Waals surface area contributed by atoms with E-state index in [1.54, 1.807) is 0 Å². The Labute approximate surface area is 157 Å². The van der Waals surface area contributed by atoms with E-state index in [1.165, 1.54) is 23.7 Å². The van der Waals surface area contributed by atoms with E-state index in [0.717, 1.165) is 23.5 Å². The van der Waals surface area contributed by atoms with Gasteiger partial charge in [0.25, 0.3) is 5.91 Å². The molecule has 0 aromatic heterocycles. The number of rotatable bonds is 10. The first-order valence-corrected chi connectivity index (χ1v) is 9.51. The molecule has 1 aliphatic carbocycles. The van der Waals surface area contributed by atoms with Crippen LogP contribution in [0.3, 0.4) is 0 Å².